The molecule has 0 saturated carbocycles. The highest BCUT2D eigenvalue weighted by molar-refractivity contribution is 7.10. The largest absolute Gasteiger partial charge is 0.343 e. The Hall–Kier alpha value is -3.55. The molecular weight excluding hydrogens is 521 g/mol. The number of benzene rings is 3. The Morgan fingerprint density at radius 3 is 2.55 bits per heavy atom. The highest BCUT2D eigenvalue weighted by Crippen LogP contribution is 2.32. The molecule has 5 nitrogen and oxygen atoms in total. The van der Waals surface area contributed by atoms with Crippen LogP contribution in [0, 0.1) is 5.82 Å². The van der Waals surface area contributed by atoms with E-state index in [9.17, 15) is 14.0 Å². The number of thiazole rings is 1. The van der Waals surface area contributed by atoms with Crippen molar-refractivity contribution in [2.45, 2.75) is 31.6 Å². The molecule has 2 amide bonds. The second-order valence-electron chi connectivity index (χ2n) is 9.36. The molecule has 0 radical (unpaired) electrons. The lowest BCUT2D eigenvalue weighted by atomic mass is 9.97. The fraction of sp³-hybridized carbons (Fsp3) is 0.233. The first-order chi connectivity index (χ1) is 18.5. The van der Waals surface area contributed by atoms with Gasteiger partial charge in [0.2, 0.25) is 5.91 Å². The van der Waals surface area contributed by atoms with Gasteiger partial charge >= 0.3 is 0 Å². The Labute approximate surface area is 230 Å². The van der Waals surface area contributed by atoms with Crippen LogP contribution < -0.4 is 5.32 Å². The van der Waals surface area contributed by atoms with Crippen LogP contribution in [0.4, 0.5) is 10.1 Å². The van der Waals surface area contributed by atoms with Gasteiger partial charge in [-0.2, -0.15) is 0 Å². The number of hydrogen-bond acceptors (Lipinski definition) is 4. The maximum absolute atomic E-state index is 13.4. The number of aromatic nitrogens is 1. The van der Waals surface area contributed by atoms with Crippen LogP contribution in [0.3, 0.4) is 0 Å². The first-order valence-electron chi connectivity index (χ1n) is 12.6. The molecule has 38 heavy (non-hydrogen) atoms. The Morgan fingerprint density at radius 1 is 1.03 bits per heavy atom. The quantitative estimate of drug-likeness (QED) is 0.266. The summed E-state index contributed by atoms with van der Waals surface area (Å²) in [5.41, 5.74) is 3.70. The van der Waals surface area contributed by atoms with Crippen LogP contribution in [-0.4, -0.2) is 34.8 Å². The number of aryl methyl sites for hydroxylation is 1. The predicted molar refractivity (Wildman–Crippen MR) is 150 cm³/mol. The molecule has 1 fully saturated rings. The fourth-order valence-corrected chi connectivity index (χ4v) is 5.90. The van der Waals surface area contributed by atoms with Crippen molar-refractivity contribution in [1.82, 2.24) is 9.88 Å². The van der Waals surface area contributed by atoms with E-state index in [0.29, 0.717) is 42.3 Å². The van der Waals surface area contributed by atoms with Gasteiger partial charge in [0.25, 0.3) is 5.91 Å². The first kappa shape index (κ1) is 26.1. The Bertz CT molecular complexity index is 1430. The third-order valence-corrected chi connectivity index (χ3v) is 8.04. The summed E-state index contributed by atoms with van der Waals surface area (Å²) in [4.78, 5) is 32.3. The van der Waals surface area contributed by atoms with Gasteiger partial charge in [-0.25, -0.2) is 9.37 Å². The van der Waals surface area contributed by atoms with Crippen molar-refractivity contribution >= 4 is 40.4 Å². The Kier molecular flexibility index (Phi) is 8.15. The number of rotatable bonds is 7. The lowest BCUT2D eigenvalue weighted by molar-refractivity contribution is -0.132. The summed E-state index contributed by atoms with van der Waals surface area (Å²) in [6, 6.07) is 21.2. The van der Waals surface area contributed by atoms with E-state index in [4.69, 9.17) is 11.6 Å². The summed E-state index contributed by atoms with van der Waals surface area (Å²) in [7, 11) is 0. The molecule has 0 unspecified atom stereocenters. The Morgan fingerprint density at radius 2 is 1.79 bits per heavy atom. The number of likely N-dealkylation sites (tertiary alicyclic amines) is 1. The van der Waals surface area contributed by atoms with Gasteiger partial charge in [0.05, 0.1) is 5.01 Å². The molecule has 1 N–H and O–H groups in total. The molecule has 1 aliphatic heterocycles. The molecule has 1 aliphatic rings. The average Bonchev–Trinajstić information content (AvgIpc) is 3.43. The summed E-state index contributed by atoms with van der Waals surface area (Å²) in [6.45, 7) is 1.37. The smallest absolute Gasteiger partial charge is 0.275 e. The van der Waals surface area contributed by atoms with Gasteiger partial charge in [-0.1, -0.05) is 54.1 Å². The topological polar surface area (TPSA) is 62.3 Å². The molecule has 194 valence electrons. The van der Waals surface area contributed by atoms with Gasteiger partial charge in [-0.05, 0) is 60.7 Å². The standard InChI is InChI=1S/C30H27ClFN3O2S/c31-23-5-3-4-20(18-23)8-13-28(36)35-16-14-22(15-17-35)30-34-27(19-38-30)29(37)33-26-7-2-1-6-25(26)21-9-11-24(32)12-10-21/h1-7,9-12,18-19,22H,8,13-17H2,(H,33,37). The van der Waals surface area contributed by atoms with E-state index >= 15 is 0 Å². The zero-order chi connectivity index (χ0) is 26.5. The van der Waals surface area contributed by atoms with E-state index in [2.05, 4.69) is 10.3 Å². The molecule has 8 heteroatoms. The average molecular weight is 548 g/mol. The molecule has 1 aromatic heterocycles. The Balaban J connectivity index is 1.16. The highest BCUT2D eigenvalue weighted by Gasteiger charge is 2.26. The van der Waals surface area contributed by atoms with Crippen LogP contribution in [0.1, 0.15) is 46.2 Å². The maximum Gasteiger partial charge on any atom is 0.275 e. The van der Waals surface area contributed by atoms with Crippen LogP contribution in [0.25, 0.3) is 11.1 Å². The molecule has 3 aromatic carbocycles. The van der Waals surface area contributed by atoms with Crippen molar-refractivity contribution in [3.05, 3.63) is 105 Å². The summed E-state index contributed by atoms with van der Waals surface area (Å²) in [5.74, 6) is -0.207. The second-order valence-corrected chi connectivity index (χ2v) is 10.7. The number of anilines is 1. The number of para-hydroxylation sites is 1. The number of amides is 2. The van der Waals surface area contributed by atoms with E-state index in [0.717, 1.165) is 34.5 Å². The first-order valence-corrected chi connectivity index (χ1v) is 13.9. The molecule has 2 heterocycles. The van der Waals surface area contributed by atoms with E-state index in [1.807, 2.05) is 53.4 Å². The summed E-state index contributed by atoms with van der Waals surface area (Å²) in [6.07, 6.45) is 2.79. The van der Waals surface area contributed by atoms with Gasteiger partial charge in [0, 0.05) is 47.1 Å². The maximum atomic E-state index is 13.4. The van der Waals surface area contributed by atoms with Gasteiger partial charge < -0.3 is 10.2 Å². The SMILES string of the molecule is O=C(Nc1ccccc1-c1ccc(F)cc1)c1csc(C2CCN(C(=O)CCc3cccc(Cl)c3)CC2)n1. The number of nitrogens with zero attached hydrogens (tertiary/aromatic N) is 2. The van der Waals surface area contributed by atoms with Crippen molar-refractivity contribution in [2.24, 2.45) is 0 Å². The van der Waals surface area contributed by atoms with Crippen molar-refractivity contribution < 1.29 is 14.0 Å². The summed E-state index contributed by atoms with van der Waals surface area (Å²) >= 11 is 7.53. The number of hydrogen-bond donors (Lipinski definition) is 1. The minimum atomic E-state index is -0.307. The van der Waals surface area contributed by atoms with Crippen LogP contribution in [0.15, 0.2) is 78.2 Å². The minimum absolute atomic E-state index is 0.155. The van der Waals surface area contributed by atoms with Gasteiger partial charge in [0.1, 0.15) is 11.5 Å². The van der Waals surface area contributed by atoms with Crippen molar-refractivity contribution in [3.63, 3.8) is 0 Å². The number of piperidine rings is 1. The molecule has 0 aliphatic carbocycles. The van der Waals surface area contributed by atoms with Gasteiger partial charge in [-0.15, -0.1) is 11.3 Å². The monoisotopic (exact) mass is 547 g/mol. The molecule has 0 bridgehead atoms. The number of halogens is 2. The van der Waals surface area contributed by atoms with Crippen molar-refractivity contribution in [1.29, 1.82) is 0 Å². The van der Waals surface area contributed by atoms with E-state index in [-0.39, 0.29) is 23.5 Å². The van der Waals surface area contributed by atoms with Crippen LogP contribution in [-0.2, 0) is 11.2 Å². The predicted octanol–water partition coefficient (Wildman–Crippen LogP) is 7.19. The molecule has 1 saturated heterocycles. The molecule has 5 rings (SSSR count). The van der Waals surface area contributed by atoms with Crippen molar-refractivity contribution in [3.8, 4) is 11.1 Å². The van der Waals surface area contributed by atoms with E-state index in [1.165, 1.54) is 23.5 Å². The van der Waals surface area contributed by atoms with E-state index in [1.54, 1.807) is 17.5 Å². The van der Waals surface area contributed by atoms with Gasteiger partial charge in [0.15, 0.2) is 0 Å². The third-order valence-electron chi connectivity index (χ3n) is 6.80. The number of nitrogens with one attached hydrogen (secondary N) is 1. The minimum Gasteiger partial charge on any atom is -0.343 e. The molecule has 4 aromatic rings. The van der Waals surface area contributed by atoms with E-state index < -0.39 is 0 Å². The lowest BCUT2D eigenvalue weighted by Gasteiger charge is -2.31. The van der Waals surface area contributed by atoms with Crippen LogP contribution in [0.5, 0.6) is 0 Å². The normalized spacial score (nSPS) is 13.9. The summed E-state index contributed by atoms with van der Waals surface area (Å²) in [5, 5.41) is 6.35. The fourth-order valence-electron chi connectivity index (χ4n) is 4.72. The van der Waals surface area contributed by atoms with Crippen LogP contribution in [0.2, 0.25) is 5.02 Å². The zero-order valence-electron chi connectivity index (χ0n) is 20.7. The van der Waals surface area contributed by atoms with Crippen LogP contribution >= 0.6 is 22.9 Å². The zero-order valence-corrected chi connectivity index (χ0v) is 22.3. The third kappa shape index (κ3) is 6.29. The van der Waals surface area contributed by atoms with Crippen molar-refractivity contribution in [2.75, 3.05) is 18.4 Å². The number of carbonyl (C=O) groups is 2. The van der Waals surface area contributed by atoms with Gasteiger partial charge in [-0.3, -0.25) is 9.59 Å². The lowest BCUT2D eigenvalue weighted by Crippen LogP contribution is -2.38. The molecular formula is C30H27ClFN3O2S. The molecule has 0 atom stereocenters. The highest BCUT2D eigenvalue weighted by atomic mass is 35.5. The second kappa shape index (κ2) is 11.9. The number of carbonyl (C=O) groups excluding carboxylic acids is 2. The molecule has 0 spiro atoms. The summed E-state index contributed by atoms with van der Waals surface area (Å²) < 4.78 is 13.4.